The van der Waals surface area contributed by atoms with Gasteiger partial charge in [0.25, 0.3) is 0 Å². The van der Waals surface area contributed by atoms with Crippen LogP contribution in [0.15, 0.2) is 12.1 Å². The summed E-state index contributed by atoms with van der Waals surface area (Å²) in [6.45, 7) is 5.79. The molecular weight excluding hydrogens is 172 g/mol. The predicted octanol–water partition coefficient (Wildman–Crippen LogP) is 2.11. The summed E-state index contributed by atoms with van der Waals surface area (Å²) in [5.41, 5.74) is 9.12. The third kappa shape index (κ3) is 2.58. The lowest BCUT2D eigenvalue weighted by molar-refractivity contribution is 0.739. The molecule has 0 saturated carbocycles. The van der Waals surface area contributed by atoms with Crippen LogP contribution in [-0.4, -0.2) is 4.98 Å². The molecule has 0 aliphatic carbocycles. The van der Waals surface area contributed by atoms with E-state index in [1.54, 1.807) is 0 Å². The third-order valence-corrected chi connectivity index (χ3v) is 2.16. The Morgan fingerprint density at radius 3 is 2.71 bits per heavy atom. The summed E-state index contributed by atoms with van der Waals surface area (Å²) in [5, 5.41) is 0. The van der Waals surface area contributed by atoms with E-state index in [1.807, 2.05) is 32.9 Å². The number of aromatic nitrogens is 1. The number of nitrogens with two attached hydrogens (primary N) is 1. The van der Waals surface area contributed by atoms with Crippen molar-refractivity contribution in [2.45, 2.75) is 33.2 Å². The van der Waals surface area contributed by atoms with Crippen LogP contribution in [0.3, 0.4) is 0 Å². The minimum Gasteiger partial charge on any atom is -0.323 e. The second kappa shape index (κ2) is 4.78. The molecule has 0 bridgehead atoms. The van der Waals surface area contributed by atoms with Gasteiger partial charge in [0.15, 0.2) is 0 Å². The monoisotopic (exact) mass is 188 g/mol. The fraction of sp³-hybridized carbons (Fsp3) is 0.417. The molecule has 0 aliphatic heterocycles. The summed E-state index contributed by atoms with van der Waals surface area (Å²) in [6, 6.07) is 4.01. The van der Waals surface area contributed by atoms with Crippen molar-refractivity contribution in [3.63, 3.8) is 0 Å². The van der Waals surface area contributed by atoms with Crippen LogP contribution in [0.5, 0.6) is 0 Å². The van der Waals surface area contributed by atoms with Crippen LogP contribution in [0.25, 0.3) is 0 Å². The zero-order valence-corrected chi connectivity index (χ0v) is 8.96. The van der Waals surface area contributed by atoms with Gasteiger partial charge in [0.1, 0.15) is 0 Å². The summed E-state index contributed by atoms with van der Waals surface area (Å²) in [6.07, 6.45) is 0.697. The van der Waals surface area contributed by atoms with Crippen molar-refractivity contribution < 1.29 is 0 Å². The first-order valence-corrected chi connectivity index (χ1v) is 4.74. The van der Waals surface area contributed by atoms with Crippen LogP contribution in [0.2, 0.25) is 0 Å². The molecule has 2 nitrogen and oxygen atoms in total. The molecule has 74 valence electrons. The van der Waals surface area contributed by atoms with Crippen LogP contribution < -0.4 is 5.73 Å². The van der Waals surface area contributed by atoms with Gasteiger partial charge in [-0.1, -0.05) is 6.07 Å². The quantitative estimate of drug-likeness (QED) is 0.722. The second-order valence-corrected chi connectivity index (χ2v) is 3.36. The normalized spacial score (nSPS) is 11.7. The van der Waals surface area contributed by atoms with Crippen molar-refractivity contribution in [3.8, 4) is 11.8 Å². The molecule has 1 aromatic heterocycles. The molecule has 1 atom stereocenters. The number of hydrogen-bond donors (Lipinski definition) is 1. The van der Waals surface area contributed by atoms with E-state index in [4.69, 9.17) is 5.73 Å². The molecule has 1 unspecified atom stereocenters. The maximum atomic E-state index is 5.99. The lowest BCUT2D eigenvalue weighted by Gasteiger charge is -2.11. The van der Waals surface area contributed by atoms with Gasteiger partial charge < -0.3 is 5.73 Å². The Morgan fingerprint density at radius 2 is 2.14 bits per heavy atom. The highest BCUT2D eigenvalue weighted by atomic mass is 14.7. The number of rotatable bonds is 2. The molecule has 0 radical (unpaired) electrons. The van der Waals surface area contributed by atoms with Gasteiger partial charge in [0, 0.05) is 23.9 Å². The molecular formula is C12H16N2. The zero-order valence-electron chi connectivity index (χ0n) is 8.96. The van der Waals surface area contributed by atoms with E-state index < -0.39 is 0 Å². The maximum absolute atomic E-state index is 5.99. The van der Waals surface area contributed by atoms with E-state index in [2.05, 4.69) is 16.8 Å². The van der Waals surface area contributed by atoms with E-state index in [1.165, 1.54) is 0 Å². The van der Waals surface area contributed by atoms with Crippen LogP contribution in [0.4, 0.5) is 0 Å². The highest BCUT2D eigenvalue weighted by Crippen LogP contribution is 2.16. The summed E-state index contributed by atoms with van der Waals surface area (Å²) in [5.74, 6) is 5.83. The predicted molar refractivity (Wildman–Crippen MR) is 58.7 cm³/mol. The van der Waals surface area contributed by atoms with E-state index >= 15 is 0 Å². The van der Waals surface area contributed by atoms with E-state index in [9.17, 15) is 0 Å². The number of pyridine rings is 1. The van der Waals surface area contributed by atoms with E-state index in [0.29, 0.717) is 6.42 Å². The van der Waals surface area contributed by atoms with E-state index in [0.717, 1.165) is 17.0 Å². The molecule has 2 N–H and O–H groups in total. The van der Waals surface area contributed by atoms with Crippen LogP contribution in [-0.2, 0) is 0 Å². The Hall–Kier alpha value is -1.33. The van der Waals surface area contributed by atoms with Gasteiger partial charge in [0.2, 0.25) is 0 Å². The van der Waals surface area contributed by atoms with Crippen molar-refractivity contribution in [2.24, 2.45) is 5.73 Å². The first kappa shape index (κ1) is 10.7. The molecule has 1 heterocycles. The van der Waals surface area contributed by atoms with Crippen molar-refractivity contribution in [1.82, 2.24) is 4.98 Å². The maximum Gasteiger partial charge on any atom is 0.0423 e. The zero-order chi connectivity index (χ0) is 10.6. The van der Waals surface area contributed by atoms with Crippen LogP contribution >= 0.6 is 0 Å². The molecule has 0 saturated heterocycles. The Morgan fingerprint density at radius 1 is 1.43 bits per heavy atom. The molecule has 0 spiro atoms. The van der Waals surface area contributed by atoms with Crippen molar-refractivity contribution >= 4 is 0 Å². The molecule has 14 heavy (non-hydrogen) atoms. The number of nitrogens with zero attached hydrogens (tertiary/aromatic N) is 1. The number of hydrogen-bond acceptors (Lipinski definition) is 2. The SMILES string of the molecule is CC#CCC(N)c1ccc(C)nc1C. The topological polar surface area (TPSA) is 38.9 Å². The molecule has 0 fully saturated rings. The van der Waals surface area contributed by atoms with Crippen molar-refractivity contribution in [2.75, 3.05) is 0 Å². The Bertz CT molecular complexity index is 372. The van der Waals surface area contributed by atoms with Gasteiger partial charge in [-0.3, -0.25) is 4.98 Å². The van der Waals surface area contributed by atoms with Crippen molar-refractivity contribution in [1.29, 1.82) is 0 Å². The first-order chi connectivity index (χ1) is 6.65. The lowest BCUT2D eigenvalue weighted by Crippen LogP contribution is -2.11. The summed E-state index contributed by atoms with van der Waals surface area (Å²) >= 11 is 0. The fourth-order valence-corrected chi connectivity index (χ4v) is 1.41. The third-order valence-electron chi connectivity index (χ3n) is 2.16. The van der Waals surface area contributed by atoms with Gasteiger partial charge >= 0.3 is 0 Å². The Balaban J connectivity index is 2.88. The van der Waals surface area contributed by atoms with Gasteiger partial charge in [-0.15, -0.1) is 11.8 Å². The average molecular weight is 188 g/mol. The smallest absolute Gasteiger partial charge is 0.0423 e. The minimum absolute atomic E-state index is 0.0180. The fourth-order valence-electron chi connectivity index (χ4n) is 1.41. The van der Waals surface area contributed by atoms with Gasteiger partial charge in [-0.2, -0.15) is 0 Å². The van der Waals surface area contributed by atoms with Crippen LogP contribution in [0.1, 0.15) is 36.3 Å². The molecule has 1 rings (SSSR count). The van der Waals surface area contributed by atoms with Gasteiger partial charge in [0.05, 0.1) is 0 Å². The largest absolute Gasteiger partial charge is 0.323 e. The molecule has 1 aromatic rings. The van der Waals surface area contributed by atoms with Crippen molar-refractivity contribution in [3.05, 3.63) is 29.1 Å². The highest BCUT2D eigenvalue weighted by molar-refractivity contribution is 5.25. The molecule has 2 heteroatoms. The molecule has 0 aromatic carbocycles. The summed E-state index contributed by atoms with van der Waals surface area (Å²) in [7, 11) is 0. The number of aryl methyl sites for hydroxylation is 2. The Kier molecular flexibility index (Phi) is 3.67. The molecule has 0 amide bonds. The van der Waals surface area contributed by atoms with E-state index in [-0.39, 0.29) is 6.04 Å². The van der Waals surface area contributed by atoms with Gasteiger partial charge in [-0.05, 0) is 32.4 Å². The first-order valence-electron chi connectivity index (χ1n) is 4.74. The average Bonchev–Trinajstić information content (AvgIpc) is 2.14. The van der Waals surface area contributed by atoms with Gasteiger partial charge in [-0.25, -0.2) is 0 Å². The van der Waals surface area contributed by atoms with Crippen LogP contribution in [0, 0.1) is 25.7 Å². The highest BCUT2D eigenvalue weighted by Gasteiger charge is 2.07. The Labute approximate surface area is 85.5 Å². The second-order valence-electron chi connectivity index (χ2n) is 3.36. The standard InChI is InChI=1S/C12H16N2/c1-4-5-6-12(13)11-8-7-9(2)14-10(11)3/h7-8,12H,6,13H2,1-3H3. The minimum atomic E-state index is -0.0180. The molecule has 0 aliphatic rings. The summed E-state index contributed by atoms with van der Waals surface area (Å²) in [4.78, 5) is 4.37. The lowest BCUT2D eigenvalue weighted by atomic mass is 10.0. The summed E-state index contributed by atoms with van der Waals surface area (Å²) < 4.78 is 0.